The van der Waals surface area contributed by atoms with Crippen LogP contribution in [0, 0.1) is 6.66 Å². The van der Waals surface area contributed by atoms with E-state index < -0.39 is 7.26 Å². The van der Waals surface area contributed by atoms with Crippen molar-refractivity contribution in [3.8, 4) is 11.1 Å². The van der Waals surface area contributed by atoms with Crippen LogP contribution in [-0.4, -0.2) is 11.3 Å². The van der Waals surface area contributed by atoms with Crippen molar-refractivity contribution in [2.75, 3.05) is 0 Å². The van der Waals surface area contributed by atoms with Crippen molar-refractivity contribution in [1.29, 1.82) is 0 Å². The van der Waals surface area contributed by atoms with E-state index in [1.165, 1.54) is 75.3 Å². The molecule has 0 N–H and O–H groups in total. The van der Waals surface area contributed by atoms with Gasteiger partial charge in [0.05, 0.1) is 5.30 Å². The van der Waals surface area contributed by atoms with Crippen LogP contribution in [-0.2, 0) is 18.2 Å². The Labute approximate surface area is 187 Å². The van der Waals surface area contributed by atoms with Crippen LogP contribution in [0.3, 0.4) is 0 Å². The molecule has 0 radical (unpaired) electrons. The molecular weight excluding hydrogens is 473 g/mol. The van der Waals surface area contributed by atoms with Crippen molar-refractivity contribution < 1.29 is 18.2 Å². The van der Waals surface area contributed by atoms with Gasteiger partial charge in [0, 0.05) is 11.3 Å². The summed E-state index contributed by atoms with van der Waals surface area (Å²) in [4.78, 5) is 0. The summed E-state index contributed by atoms with van der Waals surface area (Å²) in [5.41, 5.74) is 4.45. The fourth-order valence-corrected chi connectivity index (χ4v) is 10.1. The van der Waals surface area contributed by atoms with Gasteiger partial charge in [-0.2, -0.15) is 6.66 Å². The Hall–Kier alpha value is -0.178. The first kappa shape index (κ1) is 22.5. The van der Waals surface area contributed by atoms with Gasteiger partial charge in [0.2, 0.25) is 0 Å². The number of rotatable bonds is 4. The van der Waals surface area contributed by atoms with E-state index in [0.717, 1.165) is 11.3 Å². The third-order valence-corrected chi connectivity index (χ3v) is 11.8. The van der Waals surface area contributed by atoms with Gasteiger partial charge in [0.15, 0.2) is 0 Å². The van der Waals surface area contributed by atoms with E-state index >= 15 is 0 Å². The van der Waals surface area contributed by atoms with Crippen molar-refractivity contribution in [3.63, 3.8) is 0 Å². The molecule has 3 heteroatoms. The first-order chi connectivity index (χ1) is 13.8. The molecule has 0 unspecified atom stereocenters. The molecule has 0 spiro atoms. The van der Waals surface area contributed by atoms with Gasteiger partial charge in [0.1, 0.15) is 0 Å². The summed E-state index contributed by atoms with van der Waals surface area (Å²) in [5.74, 6) is 0. The first-order valence-corrected chi connectivity index (χ1v) is 14.9. The number of halogens is 1. The number of hydrogen-bond donors (Lipinski definition) is 0. The van der Waals surface area contributed by atoms with Crippen LogP contribution in [0.5, 0.6) is 0 Å². The molecule has 2 saturated carbocycles. The van der Waals surface area contributed by atoms with Gasteiger partial charge in [-0.25, -0.2) is 0 Å². The molecule has 154 valence electrons. The van der Waals surface area contributed by atoms with E-state index in [0.29, 0.717) is 0 Å². The van der Waals surface area contributed by atoms with Crippen molar-refractivity contribution in [3.05, 3.63) is 61.3 Å². The predicted molar refractivity (Wildman–Crippen MR) is 123 cm³/mol. The molecule has 28 heavy (non-hydrogen) atoms. The summed E-state index contributed by atoms with van der Waals surface area (Å²) in [7, 11) is 3.12. The molecule has 0 atom stereocenters. The molecule has 2 aliphatic carbocycles. The van der Waals surface area contributed by atoms with Gasteiger partial charge >= 0.3 is 27.7 Å². The van der Waals surface area contributed by atoms with Crippen LogP contribution in [0.4, 0.5) is 0 Å². The van der Waals surface area contributed by atoms with Gasteiger partial charge in [-0.15, -0.1) is 0 Å². The van der Waals surface area contributed by atoms with Crippen LogP contribution in [0.15, 0.2) is 54.6 Å². The second-order valence-electron chi connectivity index (χ2n) is 8.43. The summed E-state index contributed by atoms with van der Waals surface area (Å²) < 4.78 is 0. The summed E-state index contributed by atoms with van der Waals surface area (Å²) in [6.07, 6.45) is 14.2. The third-order valence-electron chi connectivity index (χ3n) is 6.89. The number of benzene rings is 2. The predicted octanol–water partition coefficient (Wildman–Crippen LogP) is 8.14. The maximum absolute atomic E-state index is 5.13. The average Bonchev–Trinajstić information content (AvgIpc) is 2.82. The molecule has 2 aliphatic rings. The zero-order chi connectivity index (χ0) is 19.8. The quantitative estimate of drug-likeness (QED) is 0.223. The summed E-state index contributed by atoms with van der Waals surface area (Å²) in [6, 6.07) is 20.4. The molecule has 0 aromatic heterocycles. The van der Waals surface area contributed by atoms with Crippen LogP contribution >= 0.6 is 16.8 Å². The topological polar surface area (TPSA) is 0 Å². The summed E-state index contributed by atoms with van der Waals surface area (Å²) in [5, 5.41) is 1.61. The molecule has 4 rings (SSSR count). The van der Waals surface area contributed by atoms with Crippen molar-refractivity contribution in [2.24, 2.45) is 0 Å². The Balaban J connectivity index is 0.00000109. The van der Waals surface area contributed by atoms with Crippen molar-refractivity contribution in [2.45, 2.75) is 75.5 Å². The second kappa shape index (κ2) is 11.3. The van der Waals surface area contributed by atoms with Crippen molar-refractivity contribution in [1.82, 2.24) is 0 Å². The molecular formula is C25H33ClPPd+. The SMILES string of the molecule is [CH2-][P+](c1cccc(-c2ccccc2)c1)(C1CCCCC1)C1CCCCC1.[Cl][Pd+]. The Morgan fingerprint density at radius 2 is 1.18 bits per heavy atom. The molecule has 0 nitrogen and oxygen atoms in total. The Morgan fingerprint density at radius 3 is 1.71 bits per heavy atom. The average molecular weight is 506 g/mol. The molecule has 2 aromatic carbocycles. The normalized spacial score (nSPS) is 19.0. The maximum atomic E-state index is 5.13. The van der Waals surface area contributed by atoms with E-state index in [1.54, 1.807) is 5.30 Å². The third kappa shape index (κ3) is 5.11. The monoisotopic (exact) mass is 505 g/mol. The van der Waals surface area contributed by atoms with Gasteiger partial charge in [-0.3, -0.25) is 0 Å². The first-order valence-electron chi connectivity index (χ1n) is 10.8. The molecule has 0 amide bonds. The van der Waals surface area contributed by atoms with Crippen LogP contribution < -0.4 is 5.30 Å². The zero-order valence-electron chi connectivity index (χ0n) is 16.8. The second-order valence-corrected chi connectivity index (χ2v) is 12.3. The summed E-state index contributed by atoms with van der Waals surface area (Å²) in [6.45, 7) is 5.13. The fourth-order valence-electron chi connectivity index (χ4n) is 5.38. The van der Waals surface area contributed by atoms with Gasteiger partial charge < -0.3 is 0 Å². The van der Waals surface area contributed by atoms with Crippen LogP contribution in [0.2, 0.25) is 0 Å². The van der Waals surface area contributed by atoms with E-state index in [-0.39, 0.29) is 0 Å². The minimum atomic E-state index is -1.37. The summed E-state index contributed by atoms with van der Waals surface area (Å²) >= 11 is 2.22. The van der Waals surface area contributed by atoms with Gasteiger partial charge in [-0.05, 0) is 74.6 Å². The van der Waals surface area contributed by atoms with Gasteiger partial charge in [0.25, 0.3) is 0 Å². The Kier molecular flexibility index (Phi) is 9.07. The standard InChI is InChI=1S/C25H33P.ClH.Pd/c1-26(23-15-7-3-8-16-23,24-17-9-4-10-18-24)25-19-11-14-22(20-25)21-12-5-2-6-13-21;;/h2,5-6,11-14,19-20,23-24H,1,3-4,7-10,15-18H2;1H;/q;;+2/p-1. The van der Waals surface area contributed by atoms with E-state index in [9.17, 15) is 0 Å². The minimum absolute atomic E-state index is 0.866. The van der Waals surface area contributed by atoms with Crippen LogP contribution in [0.1, 0.15) is 64.2 Å². The van der Waals surface area contributed by atoms with Crippen LogP contribution in [0.25, 0.3) is 11.1 Å². The molecule has 0 heterocycles. The molecule has 2 fully saturated rings. The fraction of sp³-hybridized carbons (Fsp3) is 0.480. The molecule has 0 bridgehead atoms. The molecule has 0 aliphatic heterocycles. The van der Waals surface area contributed by atoms with E-state index in [1.807, 2.05) is 0 Å². The van der Waals surface area contributed by atoms with Gasteiger partial charge in [-0.1, -0.05) is 62.6 Å². The Morgan fingerprint density at radius 1 is 0.679 bits per heavy atom. The zero-order valence-corrected chi connectivity index (χ0v) is 20.0. The molecule has 0 saturated heterocycles. The molecule has 2 aromatic rings. The van der Waals surface area contributed by atoms with E-state index in [2.05, 4.69) is 82.3 Å². The Bertz CT molecular complexity index is 687. The van der Waals surface area contributed by atoms with E-state index in [4.69, 9.17) is 6.66 Å². The van der Waals surface area contributed by atoms with Crippen molar-refractivity contribution >= 4 is 22.1 Å². The number of hydrogen-bond acceptors (Lipinski definition) is 0.